The first kappa shape index (κ1) is 11.3. The molecule has 5 atom stereocenters. The van der Waals surface area contributed by atoms with E-state index in [1.165, 1.54) is 0 Å². The summed E-state index contributed by atoms with van der Waals surface area (Å²) in [6, 6.07) is 0. The van der Waals surface area contributed by atoms with Crippen LogP contribution < -0.4 is 0 Å². The number of hydrogen-bond donors (Lipinski definition) is 1. The van der Waals surface area contributed by atoms with Gasteiger partial charge in [-0.2, -0.15) is 0 Å². The average Bonchev–Trinajstić information content (AvgIpc) is 2.31. The lowest BCUT2D eigenvalue weighted by Gasteiger charge is -2.14. The molecule has 1 unspecified atom stereocenters. The highest BCUT2D eigenvalue weighted by Gasteiger charge is 2.44. The summed E-state index contributed by atoms with van der Waals surface area (Å²) < 4.78 is 20.7. The van der Waals surface area contributed by atoms with E-state index in [4.69, 9.17) is 4.55 Å². The zero-order valence-corrected chi connectivity index (χ0v) is 9.61. The molecule has 4 heteroatoms. The Morgan fingerprint density at radius 3 is 2.54 bits per heavy atom. The summed E-state index contributed by atoms with van der Waals surface area (Å²) in [6.07, 6.45) is 2.60. The van der Waals surface area contributed by atoms with Crippen LogP contribution in [0.25, 0.3) is 0 Å². The van der Waals surface area contributed by atoms with E-state index in [2.05, 4.69) is 20.4 Å². The van der Waals surface area contributed by atoms with Crippen molar-refractivity contribution in [3.05, 3.63) is 12.7 Å². The molecule has 13 heavy (non-hydrogen) atoms. The molecule has 1 saturated heterocycles. The minimum Gasteiger partial charge on any atom is -0.329 e. The monoisotopic (exact) mass is 220 g/mol. The predicted molar refractivity (Wildman–Crippen MR) is 59.1 cm³/mol. The van der Waals surface area contributed by atoms with E-state index in [0.29, 0.717) is 11.8 Å². The molecule has 0 aromatic heterocycles. The fourth-order valence-corrected chi connectivity index (χ4v) is 5.01. The Balaban J connectivity index is 2.77. The maximum Gasteiger partial charge on any atom is 0.109 e. The molecule has 76 valence electrons. The van der Waals surface area contributed by atoms with Crippen molar-refractivity contribution in [3.8, 4) is 0 Å². The molecule has 0 spiro atoms. The maximum atomic E-state index is 11.8. The fourth-order valence-electron chi connectivity index (χ4n) is 1.79. The van der Waals surface area contributed by atoms with Crippen molar-refractivity contribution in [1.29, 1.82) is 0 Å². The van der Waals surface area contributed by atoms with Crippen molar-refractivity contribution in [3.63, 3.8) is 0 Å². The van der Waals surface area contributed by atoms with Crippen molar-refractivity contribution < 1.29 is 8.76 Å². The molecule has 0 aromatic rings. The third kappa shape index (κ3) is 2.00. The van der Waals surface area contributed by atoms with Gasteiger partial charge in [-0.3, -0.25) is 4.21 Å². The van der Waals surface area contributed by atoms with Gasteiger partial charge in [-0.25, -0.2) is 0 Å². The van der Waals surface area contributed by atoms with Crippen LogP contribution in [-0.2, 0) is 10.8 Å². The lowest BCUT2D eigenvalue weighted by Crippen LogP contribution is -2.16. The Bertz CT molecular complexity index is 218. The van der Waals surface area contributed by atoms with Crippen LogP contribution in [0.3, 0.4) is 0 Å². The maximum absolute atomic E-state index is 11.8. The topological polar surface area (TPSA) is 37.3 Å². The highest BCUT2D eigenvalue weighted by atomic mass is 32.2. The molecule has 1 aliphatic rings. The quantitative estimate of drug-likeness (QED) is 0.586. The zero-order valence-electron chi connectivity index (χ0n) is 7.97. The van der Waals surface area contributed by atoms with E-state index in [1.54, 1.807) is 0 Å². The first-order valence-electron chi connectivity index (χ1n) is 4.44. The van der Waals surface area contributed by atoms with Gasteiger partial charge in [0.1, 0.15) is 4.58 Å². The van der Waals surface area contributed by atoms with Crippen molar-refractivity contribution in [2.24, 2.45) is 11.8 Å². The van der Waals surface area contributed by atoms with Gasteiger partial charge < -0.3 is 4.55 Å². The van der Waals surface area contributed by atoms with Gasteiger partial charge in [-0.1, -0.05) is 19.9 Å². The van der Waals surface area contributed by atoms with Gasteiger partial charge in [-0.15, -0.1) is 6.58 Å². The standard InChI is InChI=1S/C9H16O2S2/c1-4-5-8-6(2)7(3)9(12-10)13(8)11/h4,6-10H,1,5H2,2-3H3/t6-,7-,8-,9+,13?/m1/s1. The Morgan fingerprint density at radius 1 is 1.54 bits per heavy atom. The summed E-state index contributed by atoms with van der Waals surface area (Å²) in [5, 5.41) is 0.178. The summed E-state index contributed by atoms with van der Waals surface area (Å²) in [7, 11) is -0.917. The molecule has 0 amide bonds. The molecule has 1 rings (SSSR count). The van der Waals surface area contributed by atoms with Gasteiger partial charge in [0.25, 0.3) is 0 Å². The zero-order chi connectivity index (χ0) is 10.0. The van der Waals surface area contributed by atoms with Gasteiger partial charge in [0, 0.05) is 28.1 Å². The largest absolute Gasteiger partial charge is 0.329 e. The molecule has 2 nitrogen and oxygen atoms in total. The summed E-state index contributed by atoms with van der Waals surface area (Å²) >= 11 is 0.748. The van der Waals surface area contributed by atoms with E-state index in [1.807, 2.05) is 6.08 Å². The summed E-state index contributed by atoms with van der Waals surface area (Å²) in [5.74, 6) is 0.726. The smallest absolute Gasteiger partial charge is 0.109 e. The van der Waals surface area contributed by atoms with Crippen molar-refractivity contribution in [1.82, 2.24) is 0 Å². The van der Waals surface area contributed by atoms with Crippen molar-refractivity contribution >= 4 is 22.8 Å². The van der Waals surface area contributed by atoms with Crippen LogP contribution in [-0.4, -0.2) is 18.6 Å². The van der Waals surface area contributed by atoms with Crippen LogP contribution in [0, 0.1) is 11.8 Å². The first-order chi connectivity index (χ1) is 6.13. The Morgan fingerprint density at radius 2 is 2.15 bits per heavy atom. The highest BCUT2D eigenvalue weighted by molar-refractivity contribution is 8.08. The molecule has 1 aliphatic heterocycles. The van der Waals surface area contributed by atoms with Crippen LogP contribution >= 0.6 is 12.0 Å². The van der Waals surface area contributed by atoms with Gasteiger partial charge >= 0.3 is 0 Å². The van der Waals surface area contributed by atoms with Gasteiger partial charge in [-0.05, 0) is 18.3 Å². The van der Waals surface area contributed by atoms with Crippen LogP contribution in [0.5, 0.6) is 0 Å². The molecule has 1 fully saturated rings. The molecule has 1 heterocycles. The second-order valence-corrected chi connectivity index (χ2v) is 6.37. The van der Waals surface area contributed by atoms with E-state index in [9.17, 15) is 4.21 Å². The predicted octanol–water partition coefficient (Wildman–Crippen LogP) is 2.50. The Labute approximate surface area is 86.5 Å². The summed E-state index contributed by atoms with van der Waals surface area (Å²) in [5.41, 5.74) is 0. The lowest BCUT2D eigenvalue weighted by atomic mass is 9.93. The lowest BCUT2D eigenvalue weighted by molar-refractivity contribution is 0.423. The molecule has 0 saturated carbocycles. The van der Waals surface area contributed by atoms with Crippen molar-refractivity contribution in [2.75, 3.05) is 0 Å². The molecule has 0 aliphatic carbocycles. The second-order valence-electron chi connectivity index (χ2n) is 3.58. The SMILES string of the molecule is C=CC[C@@H]1[C@H](C)[C@@H](C)[C@@H](SO)S1=O. The number of rotatable bonds is 3. The molecular weight excluding hydrogens is 204 g/mol. The van der Waals surface area contributed by atoms with Gasteiger partial charge in [0.05, 0.1) is 0 Å². The minimum atomic E-state index is -0.917. The Kier molecular flexibility index (Phi) is 4.01. The van der Waals surface area contributed by atoms with E-state index in [0.717, 1.165) is 18.5 Å². The molecular formula is C9H16O2S2. The Hall–Kier alpha value is 0.200. The van der Waals surface area contributed by atoms with Crippen LogP contribution in [0.1, 0.15) is 20.3 Å². The molecule has 1 N–H and O–H groups in total. The van der Waals surface area contributed by atoms with Gasteiger partial charge in [0.15, 0.2) is 0 Å². The molecule has 0 radical (unpaired) electrons. The van der Waals surface area contributed by atoms with Crippen LogP contribution in [0.4, 0.5) is 0 Å². The van der Waals surface area contributed by atoms with E-state index < -0.39 is 10.8 Å². The third-order valence-electron chi connectivity index (χ3n) is 2.88. The average molecular weight is 220 g/mol. The molecule has 0 aromatic carbocycles. The fraction of sp³-hybridized carbons (Fsp3) is 0.778. The minimum absolute atomic E-state index is 0.111. The third-order valence-corrected chi connectivity index (χ3v) is 6.45. The van der Waals surface area contributed by atoms with E-state index >= 15 is 0 Å². The summed E-state index contributed by atoms with van der Waals surface area (Å²) in [6.45, 7) is 7.82. The first-order valence-corrected chi connectivity index (χ1v) is 6.55. The highest BCUT2D eigenvalue weighted by Crippen LogP contribution is 2.40. The van der Waals surface area contributed by atoms with E-state index in [-0.39, 0.29) is 9.83 Å². The van der Waals surface area contributed by atoms with Crippen molar-refractivity contribution in [2.45, 2.75) is 30.1 Å². The van der Waals surface area contributed by atoms with Crippen LogP contribution in [0.2, 0.25) is 0 Å². The summed E-state index contributed by atoms with van der Waals surface area (Å²) in [4.78, 5) is 0. The van der Waals surface area contributed by atoms with Gasteiger partial charge in [0.2, 0.25) is 0 Å². The van der Waals surface area contributed by atoms with Crippen LogP contribution in [0.15, 0.2) is 12.7 Å². The second kappa shape index (κ2) is 4.62. The number of hydrogen-bond acceptors (Lipinski definition) is 3. The molecule has 0 bridgehead atoms. The normalized spacial score (nSPS) is 45.0. The number of allylic oxidation sites excluding steroid dienone is 1.